The molecule has 3 aliphatic rings. The van der Waals surface area contributed by atoms with Crippen molar-refractivity contribution in [1.82, 2.24) is 9.80 Å². The van der Waals surface area contributed by atoms with E-state index in [9.17, 15) is 19.5 Å². The smallest absolute Gasteiger partial charge is 0.335 e. The van der Waals surface area contributed by atoms with Gasteiger partial charge in [-0.15, -0.1) is 0 Å². The average molecular weight is 584 g/mol. The molecule has 0 saturated carbocycles. The van der Waals surface area contributed by atoms with Crippen LogP contribution in [-0.2, 0) is 21.7 Å². The first-order valence-electron chi connectivity index (χ1n) is 14.9. The molecule has 0 aromatic heterocycles. The van der Waals surface area contributed by atoms with Gasteiger partial charge in [0.05, 0.1) is 11.5 Å². The van der Waals surface area contributed by atoms with E-state index < -0.39 is 23.3 Å². The van der Waals surface area contributed by atoms with Gasteiger partial charge in [0.1, 0.15) is 11.4 Å². The summed E-state index contributed by atoms with van der Waals surface area (Å²) in [6.45, 7) is 11.4. The standard InChI is InChI=1S/C35H38FN3O4/c1-20-9-14-25-26(17-20)37-33(43)35(25)29(24-8-6-7-21(2)30(24)36)28-27(39(35)19-34(3,4)5)15-16-38(31(28)40)18-22-10-12-23(13-11-22)32(41)42/h6-14,17,27-29H,15-16,18-19H2,1-5H3,(H,37,43)(H,41,42)/t27-,28+,29-,35+/m0/s1. The van der Waals surface area contributed by atoms with E-state index in [0.717, 1.165) is 16.7 Å². The Hall–Kier alpha value is -4.04. The SMILES string of the molecule is Cc1ccc2c(c1)NC(=O)[C@]21[C@@H](c2cccc(C)c2F)[C@@H]2C(=O)N(Cc3ccc(C(=O)O)cc3)CC[C@@H]2N1CC(C)(C)C. The van der Waals surface area contributed by atoms with Crippen LogP contribution in [0.1, 0.15) is 71.3 Å². The van der Waals surface area contributed by atoms with E-state index in [1.807, 2.05) is 25.1 Å². The Morgan fingerprint density at radius 2 is 1.79 bits per heavy atom. The number of aryl methyl sites for hydroxylation is 2. The predicted octanol–water partition coefficient (Wildman–Crippen LogP) is 5.85. The van der Waals surface area contributed by atoms with Crippen molar-refractivity contribution in [3.8, 4) is 0 Å². The Morgan fingerprint density at radius 1 is 1.07 bits per heavy atom. The van der Waals surface area contributed by atoms with Crippen LogP contribution in [0.25, 0.3) is 0 Å². The molecule has 8 heteroatoms. The molecule has 0 radical (unpaired) electrons. The largest absolute Gasteiger partial charge is 0.478 e. The summed E-state index contributed by atoms with van der Waals surface area (Å²) in [5.41, 5.74) is 2.87. The van der Waals surface area contributed by atoms with E-state index in [4.69, 9.17) is 0 Å². The van der Waals surface area contributed by atoms with Gasteiger partial charge in [-0.1, -0.05) is 63.2 Å². The number of hydrogen-bond donors (Lipinski definition) is 2. The number of carboxylic acid groups (broad SMARTS) is 1. The lowest BCUT2D eigenvalue weighted by Crippen LogP contribution is -2.55. The van der Waals surface area contributed by atoms with Gasteiger partial charge in [-0.25, -0.2) is 9.18 Å². The average Bonchev–Trinajstić information content (AvgIpc) is 3.38. The molecule has 4 atom stereocenters. The summed E-state index contributed by atoms with van der Waals surface area (Å²) in [7, 11) is 0. The van der Waals surface area contributed by atoms with Crippen LogP contribution in [0.2, 0.25) is 0 Å². The lowest BCUT2D eigenvalue weighted by Gasteiger charge is -2.43. The minimum atomic E-state index is -1.27. The first-order valence-corrected chi connectivity index (χ1v) is 14.9. The number of anilines is 1. The minimum absolute atomic E-state index is 0.117. The van der Waals surface area contributed by atoms with Crippen LogP contribution in [-0.4, -0.2) is 51.8 Å². The number of benzene rings is 3. The van der Waals surface area contributed by atoms with Gasteiger partial charge >= 0.3 is 5.97 Å². The van der Waals surface area contributed by atoms with Crippen LogP contribution in [0, 0.1) is 31.0 Å². The summed E-state index contributed by atoms with van der Waals surface area (Å²) >= 11 is 0. The van der Waals surface area contributed by atoms with E-state index >= 15 is 4.39 Å². The van der Waals surface area contributed by atoms with Gasteiger partial charge in [-0.2, -0.15) is 0 Å². The molecule has 2 amide bonds. The molecule has 3 heterocycles. The number of nitrogens with one attached hydrogen (secondary N) is 1. The quantitative estimate of drug-likeness (QED) is 0.393. The summed E-state index contributed by atoms with van der Waals surface area (Å²) < 4.78 is 16.2. The maximum absolute atomic E-state index is 16.2. The van der Waals surface area contributed by atoms with E-state index in [2.05, 4.69) is 31.0 Å². The number of halogens is 1. The zero-order chi connectivity index (χ0) is 30.8. The minimum Gasteiger partial charge on any atom is -0.478 e. The number of aromatic carboxylic acids is 1. The molecule has 0 bridgehead atoms. The molecule has 3 aromatic carbocycles. The predicted molar refractivity (Wildman–Crippen MR) is 162 cm³/mol. The van der Waals surface area contributed by atoms with Crippen molar-refractivity contribution < 1.29 is 23.9 Å². The van der Waals surface area contributed by atoms with Crippen molar-refractivity contribution in [3.63, 3.8) is 0 Å². The molecule has 0 unspecified atom stereocenters. The van der Waals surface area contributed by atoms with Crippen molar-refractivity contribution in [2.24, 2.45) is 11.3 Å². The number of fused-ring (bicyclic) bond motifs is 3. The van der Waals surface area contributed by atoms with Gasteiger partial charge in [0.25, 0.3) is 0 Å². The second-order valence-corrected chi connectivity index (χ2v) is 13.6. The highest BCUT2D eigenvalue weighted by molar-refractivity contribution is 6.08. The Kier molecular flexibility index (Phi) is 6.96. The lowest BCUT2D eigenvalue weighted by molar-refractivity contribution is -0.141. The fourth-order valence-electron chi connectivity index (χ4n) is 7.61. The molecular weight excluding hydrogens is 545 g/mol. The van der Waals surface area contributed by atoms with Gasteiger partial charge in [-0.05, 0) is 66.1 Å². The Labute approximate surface area is 251 Å². The zero-order valence-electron chi connectivity index (χ0n) is 25.3. The number of likely N-dealkylation sites (tertiary alicyclic amines) is 2. The van der Waals surface area contributed by atoms with Crippen molar-refractivity contribution in [2.75, 3.05) is 18.4 Å². The zero-order valence-corrected chi connectivity index (χ0v) is 25.3. The van der Waals surface area contributed by atoms with E-state index in [-0.39, 0.29) is 34.7 Å². The van der Waals surface area contributed by atoms with Crippen LogP contribution in [0.15, 0.2) is 60.7 Å². The Balaban J connectivity index is 1.53. The third kappa shape index (κ3) is 4.63. The second-order valence-electron chi connectivity index (χ2n) is 13.6. The highest BCUT2D eigenvalue weighted by atomic mass is 19.1. The third-order valence-electron chi connectivity index (χ3n) is 9.32. The molecule has 3 aromatic rings. The Morgan fingerprint density at radius 3 is 2.47 bits per heavy atom. The van der Waals surface area contributed by atoms with Gasteiger partial charge in [0.15, 0.2) is 0 Å². The number of rotatable bonds is 5. The maximum atomic E-state index is 16.2. The van der Waals surface area contributed by atoms with Crippen molar-refractivity contribution in [1.29, 1.82) is 0 Å². The normalized spacial score (nSPS) is 25.2. The fourth-order valence-corrected chi connectivity index (χ4v) is 7.61. The monoisotopic (exact) mass is 583 g/mol. The summed E-state index contributed by atoms with van der Waals surface area (Å²) in [6.07, 6.45) is 0.625. The third-order valence-corrected chi connectivity index (χ3v) is 9.32. The molecule has 43 heavy (non-hydrogen) atoms. The molecular formula is C35H38FN3O4. The van der Waals surface area contributed by atoms with Gasteiger partial charge < -0.3 is 15.3 Å². The number of carbonyl (C=O) groups is 3. The molecule has 3 aliphatic heterocycles. The number of carboxylic acids is 1. The summed E-state index contributed by atoms with van der Waals surface area (Å²) in [5, 5.41) is 12.4. The molecule has 1 spiro atoms. The number of piperidine rings is 1. The number of carbonyl (C=O) groups excluding carboxylic acids is 2. The fraction of sp³-hybridized carbons (Fsp3) is 0.400. The van der Waals surface area contributed by atoms with Crippen LogP contribution in [0.5, 0.6) is 0 Å². The van der Waals surface area contributed by atoms with Gasteiger partial charge in [-0.3, -0.25) is 14.5 Å². The molecule has 7 nitrogen and oxygen atoms in total. The summed E-state index contributed by atoms with van der Waals surface area (Å²) in [4.78, 5) is 44.5. The van der Waals surface area contributed by atoms with E-state index in [1.54, 1.807) is 42.2 Å². The molecule has 2 saturated heterocycles. The topological polar surface area (TPSA) is 90.0 Å². The lowest BCUT2D eigenvalue weighted by atomic mass is 9.69. The first kappa shape index (κ1) is 29.1. The van der Waals surface area contributed by atoms with E-state index in [1.165, 1.54) is 12.1 Å². The highest BCUT2D eigenvalue weighted by Crippen LogP contribution is 2.61. The van der Waals surface area contributed by atoms with Crippen LogP contribution >= 0.6 is 0 Å². The molecule has 2 N–H and O–H groups in total. The van der Waals surface area contributed by atoms with Crippen LogP contribution in [0.3, 0.4) is 0 Å². The first-order chi connectivity index (χ1) is 20.3. The molecule has 0 aliphatic carbocycles. The van der Waals surface area contributed by atoms with Crippen molar-refractivity contribution in [3.05, 3.63) is 99.9 Å². The van der Waals surface area contributed by atoms with Gasteiger partial charge in [0, 0.05) is 42.8 Å². The highest BCUT2D eigenvalue weighted by Gasteiger charge is 2.69. The maximum Gasteiger partial charge on any atom is 0.335 e. The molecule has 224 valence electrons. The van der Waals surface area contributed by atoms with Crippen molar-refractivity contribution in [2.45, 2.75) is 65.1 Å². The van der Waals surface area contributed by atoms with E-state index in [0.29, 0.717) is 42.9 Å². The summed E-state index contributed by atoms with van der Waals surface area (Å²) in [6, 6.07) is 17.4. The second kappa shape index (κ2) is 10.3. The molecule has 2 fully saturated rings. The van der Waals surface area contributed by atoms with Crippen LogP contribution < -0.4 is 5.32 Å². The number of nitrogens with zero attached hydrogens (tertiary/aromatic N) is 2. The number of hydrogen-bond acceptors (Lipinski definition) is 4. The summed E-state index contributed by atoms with van der Waals surface area (Å²) in [5.74, 6) is -3.15. The van der Waals surface area contributed by atoms with Crippen molar-refractivity contribution >= 4 is 23.5 Å². The molecule has 6 rings (SSSR count). The van der Waals surface area contributed by atoms with Crippen LogP contribution in [0.4, 0.5) is 10.1 Å². The Bertz CT molecular complexity index is 1630. The van der Waals surface area contributed by atoms with Gasteiger partial charge in [0.2, 0.25) is 11.8 Å². The number of amides is 2.